The van der Waals surface area contributed by atoms with E-state index in [9.17, 15) is 14.9 Å². The number of nitro groups is 1. The van der Waals surface area contributed by atoms with E-state index >= 15 is 0 Å². The summed E-state index contributed by atoms with van der Waals surface area (Å²) in [5.41, 5.74) is 3.70. The number of hydrazone groups is 1. The van der Waals surface area contributed by atoms with Crippen LogP contribution in [0.25, 0.3) is 0 Å². The monoisotopic (exact) mass is 371 g/mol. The minimum atomic E-state index is -0.632. The third-order valence-electron chi connectivity index (χ3n) is 4.25. The van der Waals surface area contributed by atoms with E-state index in [-0.39, 0.29) is 24.1 Å². The van der Waals surface area contributed by atoms with Crippen LogP contribution in [0.15, 0.2) is 52.0 Å². The van der Waals surface area contributed by atoms with Crippen molar-refractivity contribution in [3.63, 3.8) is 0 Å². The molecule has 3 rings (SSSR count). The highest BCUT2D eigenvalue weighted by Crippen LogP contribution is 2.13. The number of carbonyl (C=O) groups is 1. The summed E-state index contributed by atoms with van der Waals surface area (Å²) in [5.74, 6) is -0.392. The molecular formula is C18H21N5O4. The zero-order chi connectivity index (χ0) is 19.1. The molecule has 0 unspecified atom stereocenters. The zero-order valence-electron chi connectivity index (χ0n) is 14.8. The van der Waals surface area contributed by atoms with Crippen LogP contribution in [0, 0.1) is 10.1 Å². The Labute approximate surface area is 156 Å². The number of hydrogen-bond donors (Lipinski definition) is 1. The minimum absolute atomic E-state index is 0.205. The Balaban J connectivity index is 1.37. The molecule has 0 aliphatic carbocycles. The molecule has 1 aromatic carbocycles. The largest absolute Gasteiger partial charge is 0.433 e. The van der Waals surface area contributed by atoms with Crippen LogP contribution < -0.4 is 5.43 Å². The smallest absolute Gasteiger partial charge is 0.400 e. The van der Waals surface area contributed by atoms with E-state index in [4.69, 9.17) is 4.42 Å². The molecule has 0 bridgehead atoms. The number of carbonyl (C=O) groups excluding carboxylic acids is 1. The van der Waals surface area contributed by atoms with E-state index < -0.39 is 4.92 Å². The highest BCUT2D eigenvalue weighted by Gasteiger charge is 2.18. The maximum atomic E-state index is 12.0. The number of rotatable bonds is 7. The van der Waals surface area contributed by atoms with Crippen molar-refractivity contribution in [2.24, 2.45) is 5.10 Å². The van der Waals surface area contributed by atoms with Gasteiger partial charge in [0.15, 0.2) is 5.76 Å². The second kappa shape index (κ2) is 9.06. The Morgan fingerprint density at radius 2 is 1.85 bits per heavy atom. The van der Waals surface area contributed by atoms with E-state index in [1.165, 1.54) is 23.9 Å². The standard InChI is InChI=1S/C18H21N5O4/c24-17(20-19-12-16-6-7-18(27-16)23(25)26)14-22-10-8-21(9-11-22)13-15-4-2-1-3-5-15/h1-7,12H,8-11,13-14H2,(H,20,24)/b19-12-. The van der Waals surface area contributed by atoms with Gasteiger partial charge in [0, 0.05) is 32.7 Å². The van der Waals surface area contributed by atoms with E-state index in [1.54, 1.807) is 0 Å². The third-order valence-corrected chi connectivity index (χ3v) is 4.25. The molecule has 1 amide bonds. The van der Waals surface area contributed by atoms with E-state index in [2.05, 4.69) is 32.5 Å². The Morgan fingerprint density at radius 3 is 2.52 bits per heavy atom. The van der Waals surface area contributed by atoms with E-state index in [0.717, 1.165) is 32.7 Å². The van der Waals surface area contributed by atoms with Gasteiger partial charge in [0.25, 0.3) is 5.91 Å². The summed E-state index contributed by atoms with van der Waals surface area (Å²) in [4.78, 5) is 26.3. The summed E-state index contributed by atoms with van der Waals surface area (Å²) >= 11 is 0. The van der Waals surface area contributed by atoms with Crippen LogP contribution in [0.5, 0.6) is 0 Å². The highest BCUT2D eigenvalue weighted by atomic mass is 16.6. The first-order chi connectivity index (χ1) is 13.1. The molecule has 0 saturated carbocycles. The van der Waals surface area contributed by atoms with Crippen molar-refractivity contribution in [3.05, 3.63) is 63.9 Å². The van der Waals surface area contributed by atoms with Gasteiger partial charge in [-0.05, 0) is 11.6 Å². The van der Waals surface area contributed by atoms with Gasteiger partial charge in [0.1, 0.15) is 4.92 Å². The van der Waals surface area contributed by atoms with Crippen LogP contribution >= 0.6 is 0 Å². The molecule has 1 N–H and O–H groups in total. The number of nitrogens with zero attached hydrogens (tertiary/aromatic N) is 4. The second-order valence-electron chi connectivity index (χ2n) is 6.26. The Kier molecular flexibility index (Phi) is 6.29. The molecule has 1 aliphatic rings. The summed E-state index contributed by atoms with van der Waals surface area (Å²) in [6.45, 7) is 4.61. The number of amides is 1. The first-order valence-electron chi connectivity index (χ1n) is 8.65. The minimum Gasteiger partial charge on any atom is -0.400 e. The van der Waals surface area contributed by atoms with Crippen molar-refractivity contribution in [2.75, 3.05) is 32.7 Å². The molecular weight excluding hydrogens is 350 g/mol. The van der Waals surface area contributed by atoms with Gasteiger partial charge >= 0.3 is 5.88 Å². The molecule has 1 aliphatic heterocycles. The first kappa shape index (κ1) is 18.7. The van der Waals surface area contributed by atoms with Crippen LogP contribution in [0.1, 0.15) is 11.3 Å². The summed E-state index contributed by atoms with van der Waals surface area (Å²) in [6, 6.07) is 13.0. The predicted molar refractivity (Wildman–Crippen MR) is 99.3 cm³/mol. The lowest BCUT2D eigenvalue weighted by Gasteiger charge is -2.34. The first-order valence-corrected chi connectivity index (χ1v) is 8.65. The molecule has 1 fully saturated rings. The van der Waals surface area contributed by atoms with Gasteiger partial charge in [-0.15, -0.1) is 0 Å². The van der Waals surface area contributed by atoms with Gasteiger partial charge in [-0.2, -0.15) is 5.10 Å². The fourth-order valence-electron chi connectivity index (χ4n) is 2.86. The Morgan fingerprint density at radius 1 is 1.15 bits per heavy atom. The van der Waals surface area contributed by atoms with Gasteiger partial charge < -0.3 is 4.42 Å². The van der Waals surface area contributed by atoms with E-state index in [0.29, 0.717) is 0 Å². The number of benzene rings is 1. The van der Waals surface area contributed by atoms with Crippen molar-refractivity contribution >= 4 is 18.0 Å². The SMILES string of the molecule is O=C(CN1CCN(Cc2ccccc2)CC1)N/N=C\c1ccc([N+](=O)[O-])o1. The predicted octanol–water partition coefficient (Wildman–Crippen LogP) is 1.46. The summed E-state index contributed by atoms with van der Waals surface area (Å²) in [7, 11) is 0. The molecule has 2 aromatic rings. The lowest BCUT2D eigenvalue weighted by Crippen LogP contribution is -2.48. The lowest BCUT2D eigenvalue weighted by molar-refractivity contribution is -0.402. The summed E-state index contributed by atoms with van der Waals surface area (Å²) in [6.07, 6.45) is 1.24. The number of piperazine rings is 1. The molecule has 1 aromatic heterocycles. The van der Waals surface area contributed by atoms with Crippen LogP contribution in [0.2, 0.25) is 0 Å². The average Bonchev–Trinajstić information content (AvgIpc) is 3.13. The Bertz CT molecular complexity index is 797. The van der Waals surface area contributed by atoms with E-state index in [1.807, 2.05) is 18.2 Å². The van der Waals surface area contributed by atoms with Crippen LogP contribution in [0.3, 0.4) is 0 Å². The van der Waals surface area contributed by atoms with Crippen LogP contribution in [0.4, 0.5) is 5.88 Å². The normalized spacial score (nSPS) is 15.9. The quantitative estimate of drug-likeness (QED) is 0.449. The van der Waals surface area contributed by atoms with Gasteiger partial charge in [-0.25, -0.2) is 5.43 Å². The highest BCUT2D eigenvalue weighted by molar-refractivity contribution is 5.81. The van der Waals surface area contributed by atoms with Crippen molar-refractivity contribution in [2.45, 2.75) is 6.54 Å². The molecule has 0 atom stereocenters. The summed E-state index contributed by atoms with van der Waals surface area (Å²) in [5, 5.41) is 14.3. The van der Waals surface area contributed by atoms with Crippen molar-refractivity contribution in [1.29, 1.82) is 0 Å². The maximum absolute atomic E-state index is 12.0. The number of nitrogens with one attached hydrogen (secondary N) is 1. The number of hydrogen-bond acceptors (Lipinski definition) is 7. The van der Waals surface area contributed by atoms with Crippen LogP contribution in [-0.2, 0) is 11.3 Å². The van der Waals surface area contributed by atoms with Gasteiger partial charge in [0.2, 0.25) is 0 Å². The van der Waals surface area contributed by atoms with Crippen molar-refractivity contribution < 1.29 is 14.1 Å². The van der Waals surface area contributed by atoms with Crippen LogP contribution in [-0.4, -0.2) is 59.6 Å². The molecule has 27 heavy (non-hydrogen) atoms. The molecule has 9 heteroatoms. The lowest BCUT2D eigenvalue weighted by atomic mass is 10.2. The van der Waals surface area contributed by atoms with Gasteiger partial charge in [-0.1, -0.05) is 30.3 Å². The zero-order valence-corrected chi connectivity index (χ0v) is 14.8. The van der Waals surface area contributed by atoms with Gasteiger partial charge in [-0.3, -0.25) is 24.7 Å². The number of furan rings is 1. The topological polar surface area (TPSA) is 104 Å². The fraction of sp³-hybridized carbons (Fsp3) is 0.333. The second-order valence-corrected chi connectivity index (χ2v) is 6.26. The Hall–Kier alpha value is -3.04. The molecule has 9 nitrogen and oxygen atoms in total. The average molecular weight is 371 g/mol. The summed E-state index contributed by atoms with van der Waals surface area (Å²) < 4.78 is 4.92. The molecule has 0 radical (unpaired) electrons. The molecule has 1 saturated heterocycles. The van der Waals surface area contributed by atoms with Gasteiger partial charge in [0.05, 0.1) is 18.8 Å². The molecule has 142 valence electrons. The van der Waals surface area contributed by atoms with Crippen molar-refractivity contribution in [3.8, 4) is 0 Å². The fourth-order valence-corrected chi connectivity index (χ4v) is 2.86. The third kappa shape index (κ3) is 5.73. The molecule has 0 spiro atoms. The maximum Gasteiger partial charge on any atom is 0.433 e. The van der Waals surface area contributed by atoms with Crippen molar-refractivity contribution in [1.82, 2.24) is 15.2 Å². The molecule has 2 heterocycles.